The summed E-state index contributed by atoms with van der Waals surface area (Å²) in [5.41, 5.74) is 10.1. The van der Waals surface area contributed by atoms with Crippen LogP contribution in [0.1, 0.15) is 34.7 Å². The van der Waals surface area contributed by atoms with Gasteiger partial charge in [0.2, 0.25) is 5.76 Å². The van der Waals surface area contributed by atoms with Crippen molar-refractivity contribution >= 4 is 147 Å². The van der Waals surface area contributed by atoms with Crippen molar-refractivity contribution in [1.29, 1.82) is 10.5 Å². The molecule has 0 amide bonds. The summed E-state index contributed by atoms with van der Waals surface area (Å²) in [7, 11) is 0. The normalized spacial score (nSPS) is 13.3. The molecule has 6 aromatic heterocycles. The van der Waals surface area contributed by atoms with E-state index in [4.69, 9.17) is 4.74 Å². The molecular formula is C51H29N3O4S6. The number of carboxylic acid groups (broad SMARTS) is 1. The lowest BCUT2D eigenvalue weighted by atomic mass is 9.82. The third kappa shape index (κ3) is 6.68. The van der Waals surface area contributed by atoms with E-state index in [2.05, 4.69) is 122 Å². The number of aliphatic carboxylic acids is 1. The summed E-state index contributed by atoms with van der Waals surface area (Å²) in [5, 5.41) is 28.0. The number of carbonyl (C=O) groups excluding carboxylic acids is 1. The average Bonchev–Trinajstić information content (AvgIpc) is 4.17. The first-order valence-corrected chi connectivity index (χ1v) is 24.7. The fourth-order valence-electron chi connectivity index (χ4n) is 8.52. The van der Waals surface area contributed by atoms with E-state index in [-0.39, 0.29) is 23.2 Å². The Balaban J connectivity index is 0.947. The van der Waals surface area contributed by atoms with E-state index in [0.717, 1.165) is 61.6 Å². The predicted molar refractivity (Wildman–Crippen MR) is 269 cm³/mol. The van der Waals surface area contributed by atoms with Gasteiger partial charge >= 0.3 is 5.97 Å². The van der Waals surface area contributed by atoms with E-state index in [9.17, 15) is 25.2 Å². The zero-order chi connectivity index (χ0) is 43.9. The molecule has 0 saturated carbocycles. The predicted octanol–water partition coefficient (Wildman–Crippen LogP) is 15.8. The van der Waals surface area contributed by atoms with Gasteiger partial charge in [-0.3, -0.25) is 4.79 Å². The largest absolute Gasteiger partial charge is 0.477 e. The molecular weight excluding hydrogens is 911 g/mol. The van der Waals surface area contributed by atoms with E-state index in [1.165, 1.54) is 63.3 Å². The Labute approximate surface area is 390 Å². The molecule has 6 heterocycles. The summed E-state index contributed by atoms with van der Waals surface area (Å²) in [4.78, 5) is 28.6. The lowest BCUT2D eigenvalue weighted by Gasteiger charge is -2.28. The van der Waals surface area contributed by atoms with Crippen molar-refractivity contribution in [2.75, 3.05) is 4.90 Å². The zero-order valence-corrected chi connectivity index (χ0v) is 38.6. The summed E-state index contributed by atoms with van der Waals surface area (Å²) in [6.45, 7) is 4.89. The third-order valence-corrected chi connectivity index (χ3v) is 19.1. The standard InChI is InChI=1S/C51H29N3O4S6/c1-51(2)38-6-4-3-5-36(38)37-16-15-32(18-39(37)51)54(30-11-7-27(8-12-30)40-22-44-48(63-40)46-42(61-44)20-34(59-46)17-29(24-52)50(56)57)31-13-9-28(10-14-31)41-23-45-49(64-41)47-43(62-45)21-35(60-47)19-33(25-53)58-26-55/h3-23,26H,1-2H3,(H,56,57)/b29-17+,33-19+. The molecule has 0 bridgehead atoms. The Morgan fingerprint density at radius 3 is 1.67 bits per heavy atom. The molecule has 0 unspecified atom stereocenters. The van der Waals surface area contributed by atoms with Gasteiger partial charge in [0.25, 0.3) is 6.47 Å². The van der Waals surface area contributed by atoms with Crippen LogP contribution in [0.25, 0.3) is 81.8 Å². The zero-order valence-electron chi connectivity index (χ0n) is 33.7. The summed E-state index contributed by atoms with van der Waals surface area (Å²) in [6, 6.07) is 45.3. The van der Waals surface area contributed by atoms with Crippen LogP contribution in [0.4, 0.5) is 17.1 Å². The van der Waals surface area contributed by atoms with Crippen LogP contribution in [0.15, 0.2) is 127 Å². The number of hydrogen-bond acceptors (Lipinski definition) is 12. The number of nitrogens with zero attached hydrogens (tertiary/aromatic N) is 3. The number of anilines is 3. The van der Waals surface area contributed by atoms with Crippen molar-refractivity contribution < 1.29 is 19.4 Å². The van der Waals surface area contributed by atoms with Crippen molar-refractivity contribution in [2.24, 2.45) is 0 Å². The molecule has 1 aliphatic rings. The van der Waals surface area contributed by atoms with Crippen LogP contribution < -0.4 is 4.90 Å². The first-order valence-electron chi connectivity index (χ1n) is 19.8. The number of carboxylic acids is 1. The number of thiophene rings is 6. The van der Waals surface area contributed by atoms with Gasteiger partial charge in [-0.05, 0) is 100 Å². The minimum absolute atomic E-state index is 0.0315. The Kier molecular flexibility index (Phi) is 9.74. The highest BCUT2D eigenvalue weighted by Crippen LogP contribution is 2.52. The number of hydrogen-bond donors (Lipinski definition) is 1. The number of fused-ring (bicyclic) bond motifs is 9. The van der Waals surface area contributed by atoms with Crippen molar-refractivity contribution in [1.82, 2.24) is 0 Å². The molecule has 0 atom stereocenters. The van der Waals surface area contributed by atoms with Crippen LogP contribution in [-0.2, 0) is 19.7 Å². The number of ether oxygens (including phenoxy) is 1. The van der Waals surface area contributed by atoms with E-state index in [0.29, 0.717) is 0 Å². The number of carbonyl (C=O) groups is 2. The van der Waals surface area contributed by atoms with Crippen LogP contribution in [0.3, 0.4) is 0 Å². The maximum atomic E-state index is 11.5. The summed E-state index contributed by atoms with van der Waals surface area (Å²) in [5.74, 6) is -1.26. The highest BCUT2D eigenvalue weighted by Gasteiger charge is 2.35. The molecule has 7 nitrogen and oxygen atoms in total. The smallest absolute Gasteiger partial charge is 0.346 e. The molecule has 1 N–H and O–H groups in total. The van der Waals surface area contributed by atoms with E-state index in [1.807, 2.05) is 18.2 Å². The van der Waals surface area contributed by atoms with E-state index in [1.54, 1.807) is 68.8 Å². The molecule has 0 radical (unpaired) electrons. The second-order valence-electron chi connectivity index (χ2n) is 15.6. The van der Waals surface area contributed by atoms with Gasteiger partial charge in [-0.15, -0.1) is 68.0 Å². The molecule has 0 spiro atoms. The lowest BCUT2D eigenvalue weighted by molar-refractivity contribution is -0.132. The van der Waals surface area contributed by atoms with Crippen molar-refractivity contribution in [2.45, 2.75) is 19.3 Å². The van der Waals surface area contributed by atoms with Gasteiger partial charge in [-0.25, -0.2) is 4.79 Å². The quantitative estimate of drug-likeness (QED) is 0.0628. The van der Waals surface area contributed by atoms with Crippen LogP contribution in [-0.4, -0.2) is 17.5 Å². The Morgan fingerprint density at radius 1 is 0.609 bits per heavy atom. The van der Waals surface area contributed by atoms with Crippen LogP contribution in [0.5, 0.6) is 0 Å². The topological polar surface area (TPSA) is 114 Å². The molecule has 4 aromatic carbocycles. The highest BCUT2D eigenvalue weighted by atomic mass is 32.1. The first kappa shape index (κ1) is 40.1. The SMILES string of the molecule is CC1(C)c2ccccc2-c2ccc(N(c3ccc(-c4cc5sc6cc(/C=C(\C#N)OC=O)sc6c5s4)cc3)c3ccc(-c4cc5sc6cc(/C=C(\C#N)C(=O)O)sc6c5s4)cc3)cc21. The monoisotopic (exact) mass is 939 g/mol. The minimum atomic E-state index is -1.22. The van der Waals surface area contributed by atoms with Crippen LogP contribution >= 0.6 is 68.0 Å². The minimum Gasteiger partial charge on any atom is -0.477 e. The second-order valence-corrected chi connectivity index (χ2v) is 22.1. The van der Waals surface area contributed by atoms with Gasteiger partial charge in [0.05, 0.1) is 18.8 Å². The van der Waals surface area contributed by atoms with Crippen LogP contribution in [0.2, 0.25) is 0 Å². The molecule has 0 saturated heterocycles. The van der Waals surface area contributed by atoms with Crippen LogP contribution in [0, 0.1) is 22.7 Å². The molecule has 0 fully saturated rings. The average molecular weight is 940 g/mol. The molecule has 13 heteroatoms. The number of rotatable bonds is 10. The molecule has 308 valence electrons. The van der Waals surface area contributed by atoms with E-state index < -0.39 is 5.97 Å². The number of nitriles is 2. The van der Waals surface area contributed by atoms with Gasteiger partial charge in [0, 0.05) is 66.9 Å². The summed E-state index contributed by atoms with van der Waals surface area (Å²) in [6.07, 6.45) is 3.05. The lowest BCUT2D eigenvalue weighted by Crippen LogP contribution is -2.16. The van der Waals surface area contributed by atoms with Gasteiger partial charge in [0.15, 0.2) is 0 Å². The van der Waals surface area contributed by atoms with Crippen molar-refractivity contribution in [3.8, 4) is 44.1 Å². The van der Waals surface area contributed by atoms with Crippen molar-refractivity contribution in [3.05, 3.63) is 147 Å². The Morgan fingerprint density at radius 2 is 1.12 bits per heavy atom. The molecule has 1 aliphatic carbocycles. The first-order chi connectivity index (χ1) is 31.1. The highest BCUT2D eigenvalue weighted by molar-refractivity contribution is 7.40. The van der Waals surface area contributed by atoms with Gasteiger partial charge in [-0.2, -0.15) is 10.5 Å². The summed E-state index contributed by atoms with van der Waals surface area (Å²) < 4.78 is 14.1. The fraction of sp³-hybridized carbons (Fsp3) is 0.0588. The van der Waals surface area contributed by atoms with Gasteiger partial charge in [0.1, 0.15) is 17.7 Å². The van der Waals surface area contributed by atoms with E-state index >= 15 is 0 Å². The molecule has 64 heavy (non-hydrogen) atoms. The molecule has 10 aromatic rings. The number of benzene rings is 4. The fourth-order valence-corrected chi connectivity index (χ4v) is 16.5. The molecule has 0 aliphatic heterocycles. The Hall–Kier alpha value is -6.68. The maximum Gasteiger partial charge on any atom is 0.346 e. The van der Waals surface area contributed by atoms with Gasteiger partial charge in [-0.1, -0.05) is 68.4 Å². The van der Waals surface area contributed by atoms with Gasteiger partial charge < -0.3 is 14.7 Å². The Bertz CT molecular complexity index is 3710. The van der Waals surface area contributed by atoms with Crippen molar-refractivity contribution in [3.63, 3.8) is 0 Å². The maximum absolute atomic E-state index is 11.5. The number of allylic oxidation sites excluding steroid dienone is 1. The summed E-state index contributed by atoms with van der Waals surface area (Å²) >= 11 is 10.00. The third-order valence-electron chi connectivity index (χ3n) is 11.5. The second kappa shape index (κ2) is 15.5. The molecule has 11 rings (SSSR count).